The molecule has 3 rings (SSSR count). The molecule has 2 nitrogen and oxygen atoms in total. The van der Waals surface area contributed by atoms with Crippen LogP contribution >= 0.6 is 23.2 Å². The minimum absolute atomic E-state index is 0.201. The van der Waals surface area contributed by atoms with Gasteiger partial charge in [-0.2, -0.15) is 0 Å². The number of hydrogen-bond acceptors (Lipinski definition) is 2. The van der Waals surface area contributed by atoms with Crippen LogP contribution < -0.4 is 0 Å². The van der Waals surface area contributed by atoms with E-state index in [1.165, 1.54) is 0 Å². The summed E-state index contributed by atoms with van der Waals surface area (Å²) in [6, 6.07) is 5.44. The minimum atomic E-state index is -0.431. The molecule has 1 aromatic rings. The molecule has 18 heavy (non-hydrogen) atoms. The number of ether oxygens (including phenoxy) is 2. The summed E-state index contributed by atoms with van der Waals surface area (Å²) in [7, 11) is 0. The van der Waals surface area contributed by atoms with Crippen molar-refractivity contribution in [2.24, 2.45) is 0 Å². The molecule has 0 bridgehead atoms. The van der Waals surface area contributed by atoms with Gasteiger partial charge < -0.3 is 9.47 Å². The van der Waals surface area contributed by atoms with Gasteiger partial charge in [-0.05, 0) is 31.9 Å². The normalized spacial score (nSPS) is 30.2. The zero-order chi connectivity index (χ0) is 12.8. The van der Waals surface area contributed by atoms with E-state index in [0.717, 1.165) is 31.2 Å². The predicted molar refractivity (Wildman–Crippen MR) is 71.7 cm³/mol. The summed E-state index contributed by atoms with van der Waals surface area (Å²) in [5.41, 5.74) is 0.907. The van der Waals surface area contributed by atoms with Crippen LogP contribution in [-0.4, -0.2) is 11.9 Å². The molecule has 0 N–H and O–H groups in total. The highest BCUT2D eigenvalue weighted by atomic mass is 35.5. The van der Waals surface area contributed by atoms with Crippen molar-refractivity contribution < 1.29 is 9.47 Å². The fourth-order valence-electron chi connectivity index (χ4n) is 2.82. The summed E-state index contributed by atoms with van der Waals surface area (Å²) < 4.78 is 12.1. The fraction of sp³-hybridized carbons (Fsp3) is 0.500. The quantitative estimate of drug-likeness (QED) is 0.753. The van der Waals surface area contributed by atoms with Gasteiger partial charge in [-0.25, -0.2) is 0 Å². The van der Waals surface area contributed by atoms with Gasteiger partial charge in [0.05, 0.1) is 6.10 Å². The lowest BCUT2D eigenvalue weighted by Crippen LogP contribution is -2.26. The maximum atomic E-state index is 6.22. The minimum Gasteiger partial charge on any atom is -0.344 e. The Hall–Kier alpha value is -0.280. The largest absolute Gasteiger partial charge is 0.344 e. The lowest BCUT2D eigenvalue weighted by atomic mass is 10.1. The Balaban J connectivity index is 1.88. The molecule has 1 heterocycles. The SMILES string of the molecule is [CH2][C@@H]1OC2(CCCC2)O[C@H]1c1ccc(Cl)cc1Cl. The molecule has 0 unspecified atom stereocenters. The maximum Gasteiger partial charge on any atom is 0.169 e. The molecule has 2 fully saturated rings. The maximum absolute atomic E-state index is 6.22. The van der Waals surface area contributed by atoms with Gasteiger partial charge in [0.1, 0.15) is 6.10 Å². The van der Waals surface area contributed by atoms with Crippen LogP contribution in [0.15, 0.2) is 18.2 Å². The average molecular weight is 286 g/mol. The van der Waals surface area contributed by atoms with Crippen molar-refractivity contribution >= 4 is 23.2 Å². The lowest BCUT2D eigenvalue weighted by Gasteiger charge is -2.22. The Labute approximate surface area is 117 Å². The second-order valence-electron chi connectivity index (χ2n) is 4.98. The number of rotatable bonds is 1. The van der Waals surface area contributed by atoms with Gasteiger partial charge in [-0.3, -0.25) is 0 Å². The highest BCUT2D eigenvalue weighted by Crippen LogP contribution is 2.48. The molecule has 1 aliphatic carbocycles. The molecule has 2 atom stereocenters. The first-order valence-electron chi connectivity index (χ1n) is 6.23. The molecule has 1 saturated carbocycles. The first kappa shape index (κ1) is 12.7. The molecule has 0 aromatic heterocycles. The van der Waals surface area contributed by atoms with Gasteiger partial charge >= 0.3 is 0 Å². The Kier molecular flexibility index (Phi) is 3.31. The molecule has 1 aromatic carbocycles. The average Bonchev–Trinajstić information content (AvgIpc) is 2.87. The molecule has 1 aliphatic heterocycles. The van der Waals surface area contributed by atoms with Gasteiger partial charge in [0.25, 0.3) is 0 Å². The zero-order valence-corrected chi connectivity index (χ0v) is 11.5. The standard InChI is InChI=1S/C14H15Cl2O2/c1-9-13(11-5-4-10(15)8-12(11)16)18-14(17-9)6-2-3-7-14/h4-5,8-9,13H,1-3,6-7H2/t9-,13+/m0/s1. The Bertz CT molecular complexity index is 455. The van der Waals surface area contributed by atoms with Crippen molar-refractivity contribution in [3.8, 4) is 0 Å². The van der Waals surface area contributed by atoms with E-state index in [4.69, 9.17) is 32.7 Å². The van der Waals surface area contributed by atoms with E-state index in [1.807, 2.05) is 12.1 Å². The topological polar surface area (TPSA) is 18.5 Å². The van der Waals surface area contributed by atoms with E-state index in [1.54, 1.807) is 6.07 Å². The smallest absolute Gasteiger partial charge is 0.169 e. The van der Waals surface area contributed by atoms with Crippen molar-refractivity contribution in [1.82, 2.24) is 0 Å². The molecule has 1 radical (unpaired) electrons. The molecule has 0 amide bonds. The summed E-state index contributed by atoms with van der Waals surface area (Å²) in [6.07, 6.45) is 3.76. The first-order valence-corrected chi connectivity index (χ1v) is 6.99. The Morgan fingerprint density at radius 3 is 2.56 bits per heavy atom. The number of halogens is 2. The van der Waals surface area contributed by atoms with Crippen molar-refractivity contribution in [3.05, 3.63) is 40.7 Å². The van der Waals surface area contributed by atoms with Crippen LogP contribution in [-0.2, 0) is 9.47 Å². The first-order chi connectivity index (χ1) is 8.60. The van der Waals surface area contributed by atoms with Gasteiger partial charge in [0, 0.05) is 28.5 Å². The van der Waals surface area contributed by atoms with E-state index in [9.17, 15) is 0 Å². The van der Waals surface area contributed by atoms with Crippen LogP contribution in [0.1, 0.15) is 37.4 Å². The van der Waals surface area contributed by atoms with Crippen LogP contribution in [0.25, 0.3) is 0 Å². The summed E-state index contributed by atoms with van der Waals surface area (Å²) in [5.74, 6) is -0.431. The molecular formula is C14H15Cl2O2. The Morgan fingerprint density at radius 2 is 1.89 bits per heavy atom. The van der Waals surface area contributed by atoms with Crippen molar-refractivity contribution in [1.29, 1.82) is 0 Å². The molecule has 1 saturated heterocycles. The van der Waals surface area contributed by atoms with Crippen LogP contribution in [0.5, 0.6) is 0 Å². The second kappa shape index (κ2) is 4.68. The van der Waals surface area contributed by atoms with Crippen LogP contribution in [0.3, 0.4) is 0 Å². The Morgan fingerprint density at radius 1 is 1.17 bits per heavy atom. The van der Waals surface area contributed by atoms with Crippen LogP contribution in [0.2, 0.25) is 10.0 Å². The summed E-state index contributed by atoms with van der Waals surface area (Å²) in [5, 5.41) is 1.23. The molecule has 2 aliphatic rings. The summed E-state index contributed by atoms with van der Waals surface area (Å²) in [6.45, 7) is 4.04. The van der Waals surface area contributed by atoms with Crippen molar-refractivity contribution in [2.75, 3.05) is 0 Å². The third-order valence-electron chi connectivity index (χ3n) is 3.68. The highest BCUT2D eigenvalue weighted by molar-refractivity contribution is 6.35. The van der Waals surface area contributed by atoms with E-state index in [0.29, 0.717) is 10.0 Å². The van der Waals surface area contributed by atoms with E-state index in [-0.39, 0.29) is 12.2 Å². The van der Waals surface area contributed by atoms with Crippen LogP contribution in [0.4, 0.5) is 0 Å². The highest BCUT2D eigenvalue weighted by Gasteiger charge is 2.48. The zero-order valence-electron chi connectivity index (χ0n) is 9.99. The monoisotopic (exact) mass is 285 g/mol. The molecule has 4 heteroatoms. The molecule has 97 valence electrons. The van der Waals surface area contributed by atoms with Crippen LogP contribution in [0, 0.1) is 6.92 Å². The second-order valence-corrected chi connectivity index (χ2v) is 5.82. The van der Waals surface area contributed by atoms with E-state index in [2.05, 4.69) is 6.92 Å². The van der Waals surface area contributed by atoms with Gasteiger partial charge in [-0.15, -0.1) is 0 Å². The van der Waals surface area contributed by atoms with Gasteiger partial charge in [0.15, 0.2) is 5.79 Å². The van der Waals surface area contributed by atoms with Gasteiger partial charge in [0.2, 0.25) is 0 Å². The third-order valence-corrected chi connectivity index (χ3v) is 4.24. The number of benzene rings is 1. The van der Waals surface area contributed by atoms with E-state index >= 15 is 0 Å². The predicted octanol–water partition coefficient (Wildman–Crippen LogP) is 4.55. The lowest BCUT2D eigenvalue weighted by molar-refractivity contribution is -0.167. The fourth-order valence-corrected chi connectivity index (χ4v) is 3.33. The van der Waals surface area contributed by atoms with Gasteiger partial charge in [-0.1, -0.05) is 29.3 Å². The van der Waals surface area contributed by atoms with Crippen molar-refractivity contribution in [3.63, 3.8) is 0 Å². The van der Waals surface area contributed by atoms with E-state index < -0.39 is 5.79 Å². The number of hydrogen-bond donors (Lipinski definition) is 0. The summed E-state index contributed by atoms with van der Waals surface area (Å²) >= 11 is 12.1. The molecular weight excluding hydrogens is 271 g/mol. The van der Waals surface area contributed by atoms with Crippen molar-refractivity contribution in [2.45, 2.75) is 43.7 Å². The molecule has 1 spiro atoms. The third kappa shape index (κ3) is 2.16. The summed E-state index contributed by atoms with van der Waals surface area (Å²) in [4.78, 5) is 0.